The largest absolute Gasteiger partial charge is 0.266 e. The van der Waals surface area contributed by atoms with Gasteiger partial charge in [-0.15, -0.1) is 0 Å². The third-order valence-electron chi connectivity index (χ3n) is 2.58. The maximum atomic E-state index is 13.5. The molecule has 0 unspecified atom stereocenters. The maximum absolute atomic E-state index is 13.5. The molecule has 0 radical (unpaired) electrons. The molecule has 0 aromatic heterocycles. The molecule has 0 amide bonds. The first-order chi connectivity index (χ1) is 8.91. The van der Waals surface area contributed by atoms with Crippen molar-refractivity contribution in [2.45, 2.75) is 6.43 Å². The molecular formula is C13H6Cl3F3. The van der Waals surface area contributed by atoms with Gasteiger partial charge in [-0.1, -0.05) is 46.9 Å². The lowest BCUT2D eigenvalue weighted by Crippen LogP contribution is -1.91. The van der Waals surface area contributed by atoms with Gasteiger partial charge in [0.05, 0.1) is 20.6 Å². The van der Waals surface area contributed by atoms with Crippen molar-refractivity contribution in [1.29, 1.82) is 0 Å². The highest BCUT2D eigenvalue weighted by Crippen LogP contribution is 2.38. The topological polar surface area (TPSA) is 0 Å². The van der Waals surface area contributed by atoms with Crippen LogP contribution in [0.5, 0.6) is 0 Å². The quantitative estimate of drug-likeness (QED) is 0.561. The van der Waals surface area contributed by atoms with Crippen molar-refractivity contribution < 1.29 is 13.2 Å². The van der Waals surface area contributed by atoms with E-state index in [4.69, 9.17) is 34.8 Å². The molecule has 19 heavy (non-hydrogen) atoms. The van der Waals surface area contributed by atoms with Crippen molar-refractivity contribution in [3.8, 4) is 11.1 Å². The summed E-state index contributed by atoms with van der Waals surface area (Å²) in [5, 5.41) is 0.553. The Balaban J connectivity index is 2.55. The zero-order valence-electron chi connectivity index (χ0n) is 9.23. The molecule has 0 spiro atoms. The zero-order valence-corrected chi connectivity index (χ0v) is 11.5. The Morgan fingerprint density at radius 2 is 1.58 bits per heavy atom. The van der Waals surface area contributed by atoms with Gasteiger partial charge in [0, 0.05) is 5.56 Å². The summed E-state index contributed by atoms with van der Waals surface area (Å²) < 4.78 is 38.4. The number of halogens is 6. The number of hydrogen-bond acceptors (Lipinski definition) is 0. The molecule has 0 aliphatic heterocycles. The Labute approximate surface area is 122 Å². The predicted octanol–water partition coefficient (Wildman–Crippen LogP) is 6.39. The summed E-state index contributed by atoms with van der Waals surface area (Å²) in [6, 6.07) is 6.43. The van der Waals surface area contributed by atoms with Crippen LogP contribution in [0.3, 0.4) is 0 Å². The molecule has 0 heterocycles. The van der Waals surface area contributed by atoms with E-state index in [0.29, 0.717) is 11.1 Å². The van der Waals surface area contributed by atoms with E-state index in [1.807, 2.05) is 0 Å². The SMILES string of the molecule is Fc1cc(-c2ccc(Cl)c(Cl)c2Cl)ccc1C(F)F. The molecular weight excluding hydrogens is 319 g/mol. The first-order valence-corrected chi connectivity index (χ1v) is 6.26. The number of alkyl halides is 2. The predicted molar refractivity (Wildman–Crippen MR) is 71.8 cm³/mol. The van der Waals surface area contributed by atoms with Crippen molar-refractivity contribution in [3.05, 3.63) is 56.8 Å². The summed E-state index contributed by atoms with van der Waals surface area (Å²) in [6.07, 6.45) is -2.86. The summed E-state index contributed by atoms with van der Waals surface area (Å²) in [5.74, 6) is -0.991. The molecule has 0 fully saturated rings. The standard InChI is InChI=1S/C13H6Cl3F3/c14-9-4-3-7(11(15)12(9)16)6-1-2-8(13(18)19)10(17)5-6/h1-5,13H. The third-order valence-corrected chi connectivity index (χ3v) is 3.88. The van der Waals surface area contributed by atoms with E-state index >= 15 is 0 Å². The third kappa shape index (κ3) is 2.83. The Bertz CT molecular complexity index is 627. The van der Waals surface area contributed by atoms with Crippen LogP contribution >= 0.6 is 34.8 Å². The lowest BCUT2D eigenvalue weighted by atomic mass is 10.0. The summed E-state index contributed by atoms with van der Waals surface area (Å²) >= 11 is 17.7. The first-order valence-electron chi connectivity index (χ1n) is 5.13. The van der Waals surface area contributed by atoms with E-state index in [2.05, 4.69) is 0 Å². The molecule has 2 aromatic carbocycles. The molecule has 2 aromatic rings. The molecule has 0 nitrogen and oxygen atoms in total. The van der Waals surface area contributed by atoms with Gasteiger partial charge in [0.15, 0.2) is 0 Å². The maximum Gasteiger partial charge on any atom is 0.266 e. The second-order valence-corrected chi connectivity index (χ2v) is 4.92. The highest BCUT2D eigenvalue weighted by atomic mass is 35.5. The van der Waals surface area contributed by atoms with Crippen LogP contribution in [0.15, 0.2) is 30.3 Å². The van der Waals surface area contributed by atoms with Crippen molar-refractivity contribution in [1.82, 2.24) is 0 Å². The van der Waals surface area contributed by atoms with E-state index in [9.17, 15) is 13.2 Å². The van der Waals surface area contributed by atoms with Crippen LogP contribution in [-0.4, -0.2) is 0 Å². The van der Waals surface area contributed by atoms with Crippen LogP contribution in [0.25, 0.3) is 11.1 Å². The van der Waals surface area contributed by atoms with Crippen LogP contribution in [-0.2, 0) is 0 Å². The number of rotatable bonds is 2. The van der Waals surface area contributed by atoms with Gasteiger partial charge in [-0.05, 0) is 23.8 Å². The smallest absolute Gasteiger partial charge is 0.206 e. The van der Waals surface area contributed by atoms with Gasteiger partial charge >= 0.3 is 0 Å². The van der Waals surface area contributed by atoms with Crippen molar-refractivity contribution in [2.75, 3.05) is 0 Å². The Morgan fingerprint density at radius 3 is 2.16 bits per heavy atom. The fourth-order valence-corrected chi connectivity index (χ4v) is 2.27. The molecule has 2 rings (SSSR count). The fraction of sp³-hybridized carbons (Fsp3) is 0.0769. The Morgan fingerprint density at radius 1 is 0.895 bits per heavy atom. The van der Waals surface area contributed by atoms with Crippen LogP contribution in [0.4, 0.5) is 13.2 Å². The molecule has 6 heteroatoms. The molecule has 0 saturated carbocycles. The summed E-state index contributed by atoms with van der Waals surface area (Å²) in [7, 11) is 0. The minimum absolute atomic E-state index is 0.138. The monoisotopic (exact) mass is 324 g/mol. The minimum Gasteiger partial charge on any atom is -0.206 e. The van der Waals surface area contributed by atoms with Crippen molar-refractivity contribution in [2.24, 2.45) is 0 Å². The summed E-state index contributed by atoms with van der Waals surface area (Å²) in [4.78, 5) is 0. The van der Waals surface area contributed by atoms with E-state index < -0.39 is 17.8 Å². The average molecular weight is 326 g/mol. The summed E-state index contributed by atoms with van der Waals surface area (Å²) in [6.45, 7) is 0. The van der Waals surface area contributed by atoms with E-state index in [0.717, 1.165) is 12.1 Å². The molecule has 0 saturated heterocycles. The van der Waals surface area contributed by atoms with Gasteiger partial charge in [0.1, 0.15) is 5.82 Å². The zero-order chi connectivity index (χ0) is 14.2. The molecule has 0 N–H and O–H groups in total. The molecule has 100 valence electrons. The normalized spacial score (nSPS) is 11.1. The van der Waals surface area contributed by atoms with Crippen molar-refractivity contribution >= 4 is 34.8 Å². The van der Waals surface area contributed by atoms with Gasteiger partial charge < -0.3 is 0 Å². The second-order valence-electron chi connectivity index (χ2n) is 3.76. The van der Waals surface area contributed by atoms with Crippen LogP contribution in [0.1, 0.15) is 12.0 Å². The number of benzene rings is 2. The van der Waals surface area contributed by atoms with E-state index in [1.54, 1.807) is 6.07 Å². The molecule has 0 bridgehead atoms. The van der Waals surface area contributed by atoms with E-state index in [1.165, 1.54) is 12.1 Å². The molecule has 0 atom stereocenters. The van der Waals surface area contributed by atoms with E-state index in [-0.39, 0.29) is 15.1 Å². The van der Waals surface area contributed by atoms with Crippen molar-refractivity contribution in [3.63, 3.8) is 0 Å². The highest BCUT2D eigenvalue weighted by Gasteiger charge is 2.16. The van der Waals surface area contributed by atoms with Crippen LogP contribution < -0.4 is 0 Å². The Kier molecular flexibility index (Phi) is 4.29. The number of hydrogen-bond donors (Lipinski definition) is 0. The highest BCUT2D eigenvalue weighted by molar-refractivity contribution is 6.49. The van der Waals surface area contributed by atoms with Gasteiger partial charge in [-0.25, -0.2) is 13.2 Å². The average Bonchev–Trinajstić information content (AvgIpc) is 2.35. The lowest BCUT2D eigenvalue weighted by molar-refractivity contribution is 0.146. The summed E-state index contributed by atoms with van der Waals surface area (Å²) in [5.41, 5.74) is 0.126. The molecule has 0 aliphatic carbocycles. The molecule has 0 aliphatic rings. The van der Waals surface area contributed by atoms with Gasteiger partial charge in [-0.3, -0.25) is 0 Å². The van der Waals surface area contributed by atoms with Gasteiger partial charge in [-0.2, -0.15) is 0 Å². The van der Waals surface area contributed by atoms with Crippen LogP contribution in [0.2, 0.25) is 15.1 Å². The van der Waals surface area contributed by atoms with Gasteiger partial charge in [0.25, 0.3) is 6.43 Å². The fourth-order valence-electron chi connectivity index (χ4n) is 1.62. The van der Waals surface area contributed by atoms with Gasteiger partial charge in [0.2, 0.25) is 0 Å². The second kappa shape index (κ2) is 5.61. The Hall–Kier alpha value is -0.900. The van der Waals surface area contributed by atoms with Crippen LogP contribution in [0, 0.1) is 5.82 Å². The first kappa shape index (κ1) is 14.5. The minimum atomic E-state index is -2.86. The lowest BCUT2D eigenvalue weighted by Gasteiger charge is -2.09.